The lowest BCUT2D eigenvalue weighted by molar-refractivity contribution is -0.115. The van der Waals surface area contributed by atoms with Gasteiger partial charge in [-0.05, 0) is 31.2 Å². The van der Waals surface area contributed by atoms with Crippen molar-refractivity contribution in [3.05, 3.63) is 48.5 Å². The predicted octanol–water partition coefficient (Wildman–Crippen LogP) is 2.41. The molecule has 0 aliphatic rings. The van der Waals surface area contributed by atoms with Gasteiger partial charge < -0.3 is 4.74 Å². The highest BCUT2D eigenvalue weighted by Gasteiger charge is 2.26. The highest BCUT2D eigenvalue weighted by Crippen LogP contribution is 2.30. The Balaban J connectivity index is 2.16. The van der Waals surface area contributed by atoms with E-state index in [1.54, 1.807) is 17.7 Å². The molecule has 2 aromatic carbocycles. The normalized spacial score (nSPS) is 12.7. The van der Waals surface area contributed by atoms with Crippen molar-refractivity contribution < 1.29 is 17.9 Å². The number of ether oxygens (including phenoxy) is 1. The number of hydrogen-bond donors (Lipinski definition) is 1. The molecule has 0 spiro atoms. The predicted molar refractivity (Wildman–Crippen MR) is 101 cm³/mol. The number of nitrogens with zero attached hydrogens (tertiary/aromatic N) is 2. The standard InChI is InChI=1S/C18H19N3O4S/c1-12(26(3,23)24)17(22)20-18-19-13-8-4-5-9-14(13)21(18)15-10-6-7-11-16(15)25-2/h4-12H,1-3H3,(H,19,20,22)/t12-/m1/s1. The van der Waals surface area contributed by atoms with Crippen LogP contribution in [0.1, 0.15) is 6.92 Å². The van der Waals surface area contributed by atoms with Crippen LogP contribution in [0.4, 0.5) is 5.95 Å². The van der Waals surface area contributed by atoms with Crippen molar-refractivity contribution in [2.45, 2.75) is 12.2 Å². The van der Waals surface area contributed by atoms with E-state index < -0.39 is 21.0 Å². The lowest BCUT2D eigenvalue weighted by Crippen LogP contribution is -2.32. The molecule has 1 amide bonds. The molecule has 0 bridgehead atoms. The summed E-state index contributed by atoms with van der Waals surface area (Å²) in [6.45, 7) is 1.35. The number of hydrogen-bond acceptors (Lipinski definition) is 5. The zero-order valence-electron chi connectivity index (χ0n) is 14.6. The van der Waals surface area contributed by atoms with E-state index in [9.17, 15) is 13.2 Å². The van der Waals surface area contributed by atoms with Gasteiger partial charge in [-0.2, -0.15) is 0 Å². The second-order valence-corrected chi connectivity index (χ2v) is 8.26. The highest BCUT2D eigenvalue weighted by molar-refractivity contribution is 7.92. The van der Waals surface area contributed by atoms with Gasteiger partial charge in [0.05, 0.1) is 23.8 Å². The van der Waals surface area contributed by atoms with Gasteiger partial charge in [0.25, 0.3) is 0 Å². The Kier molecular flexibility index (Phi) is 4.69. The highest BCUT2D eigenvalue weighted by atomic mass is 32.2. The third kappa shape index (κ3) is 3.28. The first kappa shape index (κ1) is 17.9. The van der Waals surface area contributed by atoms with Gasteiger partial charge in [0, 0.05) is 6.26 Å². The minimum atomic E-state index is -3.52. The summed E-state index contributed by atoms with van der Waals surface area (Å²) in [5.74, 6) is 0.192. The smallest absolute Gasteiger partial charge is 0.244 e. The number of fused-ring (bicyclic) bond motifs is 1. The molecule has 0 radical (unpaired) electrons. The van der Waals surface area contributed by atoms with Crippen LogP contribution in [0, 0.1) is 0 Å². The van der Waals surface area contributed by atoms with Crippen molar-refractivity contribution in [2.75, 3.05) is 18.7 Å². The number of nitrogens with one attached hydrogen (secondary N) is 1. The summed E-state index contributed by atoms with van der Waals surface area (Å²) in [7, 11) is -1.96. The first-order valence-corrected chi connectivity index (χ1v) is 9.89. The van der Waals surface area contributed by atoms with Gasteiger partial charge in [0.1, 0.15) is 11.0 Å². The summed E-state index contributed by atoms with van der Waals surface area (Å²) in [4.78, 5) is 16.8. The van der Waals surface area contributed by atoms with Gasteiger partial charge in [0.2, 0.25) is 11.9 Å². The van der Waals surface area contributed by atoms with E-state index in [4.69, 9.17) is 4.74 Å². The average molecular weight is 373 g/mol. The molecule has 0 fully saturated rings. The largest absolute Gasteiger partial charge is 0.495 e. The van der Waals surface area contributed by atoms with Crippen LogP contribution >= 0.6 is 0 Å². The molecule has 1 aromatic heterocycles. The van der Waals surface area contributed by atoms with Gasteiger partial charge in [0.15, 0.2) is 9.84 Å². The van der Waals surface area contributed by atoms with Crippen LogP contribution in [0.15, 0.2) is 48.5 Å². The van der Waals surface area contributed by atoms with Gasteiger partial charge in [-0.25, -0.2) is 13.4 Å². The minimum Gasteiger partial charge on any atom is -0.495 e. The number of para-hydroxylation sites is 4. The van der Waals surface area contributed by atoms with E-state index in [0.717, 1.165) is 11.8 Å². The molecule has 26 heavy (non-hydrogen) atoms. The maximum Gasteiger partial charge on any atom is 0.244 e. The lowest BCUT2D eigenvalue weighted by atomic mass is 10.2. The average Bonchev–Trinajstić information content (AvgIpc) is 2.97. The second kappa shape index (κ2) is 6.80. The van der Waals surface area contributed by atoms with E-state index in [-0.39, 0.29) is 5.95 Å². The maximum atomic E-state index is 12.4. The van der Waals surface area contributed by atoms with Crippen LogP contribution in [-0.4, -0.2) is 42.5 Å². The third-order valence-corrected chi connectivity index (χ3v) is 5.63. The Morgan fingerprint density at radius 2 is 1.81 bits per heavy atom. The van der Waals surface area contributed by atoms with Gasteiger partial charge >= 0.3 is 0 Å². The number of rotatable bonds is 5. The van der Waals surface area contributed by atoms with Gasteiger partial charge in [-0.1, -0.05) is 24.3 Å². The monoisotopic (exact) mass is 373 g/mol. The number of carbonyl (C=O) groups is 1. The van der Waals surface area contributed by atoms with Crippen molar-refractivity contribution in [1.29, 1.82) is 0 Å². The van der Waals surface area contributed by atoms with E-state index >= 15 is 0 Å². The minimum absolute atomic E-state index is 0.233. The van der Waals surface area contributed by atoms with Gasteiger partial charge in [-0.3, -0.25) is 14.7 Å². The molecule has 0 saturated carbocycles. The molecule has 0 unspecified atom stereocenters. The van der Waals surface area contributed by atoms with Gasteiger partial charge in [-0.15, -0.1) is 0 Å². The number of carbonyl (C=O) groups excluding carboxylic acids is 1. The first-order chi connectivity index (χ1) is 12.3. The lowest BCUT2D eigenvalue weighted by Gasteiger charge is -2.15. The summed E-state index contributed by atoms with van der Waals surface area (Å²) in [6, 6.07) is 14.7. The molecule has 3 aromatic rings. The van der Waals surface area contributed by atoms with Crippen LogP contribution in [-0.2, 0) is 14.6 Å². The summed E-state index contributed by atoms with van der Waals surface area (Å²) in [6.07, 6.45) is 1.03. The zero-order chi connectivity index (χ0) is 18.9. The number of imidazole rings is 1. The molecular formula is C18H19N3O4S. The number of methoxy groups -OCH3 is 1. The SMILES string of the molecule is COc1ccccc1-n1c(NC(=O)[C@@H](C)S(C)(=O)=O)nc2ccccc21. The number of sulfone groups is 1. The van der Waals surface area contributed by atoms with Crippen molar-refractivity contribution >= 4 is 32.7 Å². The van der Waals surface area contributed by atoms with Crippen molar-refractivity contribution in [3.8, 4) is 11.4 Å². The molecule has 136 valence electrons. The molecule has 0 saturated heterocycles. The quantitative estimate of drug-likeness (QED) is 0.742. The van der Waals surface area contributed by atoms with Crippen molar-refractivity contribution in [3.63, 3.8) is 0 Å². The van der Waals surface area contributed by atoms with E-state index in [1.165, 1.54) is 6.92 Å². The molecule has 1 atom stereocenters. The first-order valence-electron chi connectivity index (χ1n) is 7.93. The Bertz CT molecular complexity index is 1070. The Morgan fingerprint density at radius 1 is 1.15 bits per heavy atom. The fraction of sp³-hybridized carbons (Fsp3) is 0.222. The van der Waals surface area contributed by atoms with Crippen LogP contribution in [0.2, 0.25) is 0 Å². The Morgan fingerprint density at radius 3 is 2.50 bits per heavy atom. The number of amides is 1. The molecular weight excluding hydrogens is 354 g/mol. The fourth-order valence-corrected chi connectivity index (χ4v) is 3.02. The number of aromatic nitrogens is 2. The molecule has 1 N–H and O–H groups in total. The summed E-state index contributed by atoms with van der Waals surface area (Å²) >= 11 is 0. The molecule has 1 heterocycles. The molecule has 0 aliphatic heterocycles. The second-order valence-electron chi connectivity index (χ2n) is 5.89. The van der Waals surface area contributed by atoms with Crippen molar-refractivity contribution in [2.24, 2.45) is 0 Å². The van der Waals surface area contributed by atoms with E-state index in [1.807, 2.05) is 42.5 Å². The van der Waals surface area contributed by atoms with Crippen LogP contribution in [0.5, 0.6) is 5.75 Å². The molecule has 7 nitrogen and oxygen atoms in total. The molecule has 0 aliphatic carbocycles. The molecule has 8 heteroatoms. The fourth-order valence-electron chi connectivity index (χ4n) is 2.57. The van der Waals surface area contributed by atoms with Crippen molar-refractivity contribution in [1.82, 2.24) is 9.55 Å². The van der Waals surface area contributed by atoms with Crippen LogP contribution in [0.3, 0.4) is 0 Å². The Labute approximate surface area is 151 Å². The third-order valence-electron chi connectivity index (χ3n) is 4.13. The van der Waals surface area contributed by atoms with Crippen LogP contribution in [0.25, 0.3) is 16.7 Å². The van der Waals surface area contributed by atoms with E-state index in [2.05, 4.69) is 10.3 Å². The topological polar surface area (TPSA) is 90.3 Å². The summed E-state index contributed by atoms with van der Waals surface area (Å²) in [5, 5.41) is 1.45. The maximum absolute atomic E-state index is 12.4. The molecule has 3 rings (SSSR count). The number of anilines is 1. The Hall–Kier alpha value is -2.87. The van der Waals surface area contributed by atoms with Crippen LogP contribution < -0.4 is 10.1 Å². The number of benzene rings is 2. The zero-order valence-corrected chi connectivity index (χ0v) is 15.4. The van der Waals surface area contributed by atoms with E-state index in [0.29, 0.717) is 17.0 Å². The summed E-state index contributed by atoms with van der Waals surface area (Å²) in [5.41, 5.74) is 2.12. The summed E-state index contributed by atoms with van der Waals surface area (Å²) < 4.78 is 30.5.